The summed E-state index contributed by atoms with van der Waals surface area (Å²) in [6.07, 6.45) is 6.43. The summed E-state index contributed by atoms with van der Waals surface area (Å²) >= 11 is 6.50. The van der Waals surface area contributed by atoms with Crippen LogP contribution in [0.15, 0.2) is 42.7 Å². The smallest absolute Gasteiger partial charge is 0.228 e. The van der Waals surface area contributed by atoms with Crippen LogP contribution >= 0.6 is 11.6 Å². The molecule has 3 aromatic heterocycles. The fraction of sp³-hybridized carbons (Fsp3) is 0.387. The van der Waals surface area contributed by atoms with Crippen LogP contribution in [-0.4, -0.2) is 38.5 Å². The number of aryl methyl sites for hydroxylation is 1. The van der Waals surface area contributed by atoms with Gasteiger partial charge in [-0.15, -0.1) is 0 Å². The van der Waals surface area contributed by atoms with Crippen molar-refractivity contribution in [3.8, 4) is 17.0 Å². The van der Waals surface area contributed by atoms with E-state index in [1.807, 2.05) is 27.0 Å². The Morgan fingerprint density at radius 2 is 2.02 bits per heavy atom. The lowest BCUT2D eigenvalue weighted by atomic mass is 9.78. The first-order valence-corrected chi connectivity index (χ1v) is 14.2. The SMILES string of the molecule is COc1ncccc1C(=O)C[C@@H]1CCC[C@H](C(=O)Nc2cc(-c3cc(F)c4nn(C)c(C(C)C)c4c3)c(Cl)cn2)C1. The number of nitrogens with zero attached hydrogens (tertiary/aromatic N) is 4. The number of carbonyl (C=O) groups is 2. The minimum atomic E-state index is -0.440. The Morgan fingerprint density at radius 1 is 1.22 bits per heavy atom. The summed E-state index contributed by atoms with van der Waals surface area (Å²) in [7, 11) is 3.30. The molecule has 0 saturated heterocycles. The lowest BCUT2D eigenvalue weighted by Crippen LogP contribution is -2.29. The minimum Gasteiger partial charge on any atom is -0.480 e. The van der Waals surface area contributed by atoms with E-state index in [1.165, 1.54) is 19.4 Å². The zero-order valence-electron chi connectivity index (χ0n) is 23.6. The van der Waals surface area contributed by atoms with Crippen molar-refractivity contribution in [2.24, 2.45) is 18.9 Å². The van der Waals surface area contributed by atoms with Gasteiger partial charge in [0.15, 0.2) is 11.6 Å². The lowest BCUT2D eigenvalue weighted by Gasteiger charge is -2.28. The molecule has 0 aliphatic heterocycles. The highest BCUT2D eigenvalue weighted by Crippen LogP contribution is 2.36. The van der Waals surface area contributed by atoms with Crippen LogP contribution in [0.25, 0.3) is 22.0 Å². The molecule has 1 N–H and O–H groups in total. The molecule has 1 amide bonds. The number of hydrogen-bond donors (Lipinski definition) is 1. The molecule has 41 heavy (non-hydrogen) atoms. The van der Waals surface area contributed by atoms with E-state index in [2.05, 4.69) is 20.4 Å². The second-order valence-electron chi connectivity index (χ2n) is 11.0. The maximum Gasteiger partial charge on any atom is 0.228 e. The van der Waals surface area contributed by atoms with Crippen LogP contribution in [0.3, 0.4) is 0 Å². The highest BCUT2D eigenvalue weighted by Gasteiger charge is 2.30. The van der Waals surface area contributed by atoms with Crippen LogP contribution in [0.4, 0.5) is 10.2 Å². The number of hydrogen-bond acceptors (Lipinski definition) is 6. The second kappa shape index (κ2) is 11.9. The molecule has 0 unspecified atom stereocenters. The number of amides is 1. The zero-order valence-corrected chi connectivity index (χ0v) is 24.3. The third kappa shape index (κ3) is 5.95. The number of benzene rings is 1. The van der Waals surface area contributed by atoms with E-state index in [1.54, 1.807) is 29.1 Å². The summed E-state index contributed by atoms with van der Waals surface area (Å²) in [6, 6.07) is 8.39. The van der Waals surface area contributed by atoms with Gasteiger partial charge in [0.05, 0.1) is 17.7 Å². The zero-order chi connectivity index (χ0) is 29.3. The van der Waals surface area contributed by atoms with Crippen molar-refractivity contribution in [3.63, 3.8) is 0 Å². The quantitative estimate of drug-likeness (QED) is 0.227. The topological polar surface area (TPSA) is 99.0 Å². The molecular formula is C31H33ClFN5O3. The number of ether oxygens (including phenoxy) is 1. The van der Waals surface area contributed by atoms with Gasteiger partial charge in [-0.25, -0.2) is 14.4 Å². The van der Waals surface area contributed by atoms with Crippen LogP contribution in [-0.2, 0) is 11.8 Å². The average Bonchev–Trinajstić information content (AvgIpc) is 3.30. The third-order valence-electron chi connectivity index (χ3n) is 7.80. The van der Waals surface area contributed by atoms with E-state index in [0.717, 1.165) is 30.3 Å². The fourth-order valence-corrected chi connectivity index (χ4v) is 6.14. The summed E-state index contributed by atoms with van der Waals surface area (Å²) in [6.45, 7) is 4.07. The van der Waals surface area contributed by atoms with Crippen molar-refractivity contribution in [1.82, 2.24) is 19.7 Å². The number of carbonyl (C=O) groups excluding carboxylic acids is 2. The molecule has 5 rings (SSSR count). The van der Waals surface area contributed by atoms with Crippen molar-refractivity contribution in [1.29, 1.82) is 0 Å². The first-order valence-electron chi connectivity index (χ1n) is 13.8. The van der Waals surface area contributed by atoms with E-state index < -0.39 is 5.82 Å². The number of halogens is 2. The van der Waals surface area contributed by atoms with Crippen LogP contribution in [0.1, 0.15) is 67.9 Å². The molecular weight excluding hydrogens is 545 g/mol. The number of rotatable bonds is 8. The number of ketones is 1. The summed E-state index contributed by atoms with van der Waals surface area (Å²) < 4.78 is 22.1. The third-order valence-corrected chi connectivity index (χ3v) is 8.10. The van der Waals surface area contributed by atoms with Gasteiger partial charge in [0.25, 0.3) is 0 Å². The second-order valence-corrected chi connectivity index (χ2v) is 11.4. The van der Waals surface area contributed by atoms with Gasteiger partial charge in [0.2, 0.25) is 11.8 Å². The Balaban J connectivity index is 1.32. The number of aromatic nitrogens is 4. The Bertz CT molecular complexity index is 1620. The molecule has 1 aliphatic carbocycles. The monoisotopic (exact) mass is 577 g/mol. The van der Waals surface area contributed by atoms with Crippen molar-refractivity contribution >= 4 is 40.0 Å². The number of Topliss-reactive ketones (excluding diaryl/α,β-unsaturated/α-hetero) is 1. The molecule has 1 saturated carbocycles. The van der Waals surface area contributed by atoms with Crippen LogP contribution in [0.5, 0.6) is 5.88 Å². The number of anilines is 1. The Kier molecular flexibility index (Phi) is 8.35. The first-order chi connectivity index (χ1) is 19.7. The molecule has 214 valence electrons. The van der Waals surface area contributed by atoms with E-state index in [-0.39, 0.29) is 29.4 Å². The van der Waals surface area contributed by atoms with E-state index in [9.17, 15) is 9.59 Å². The Morgan fingerprint density at radius 3 is 2.78 bits per heavy atom. The molecule has 2 atom stereocenters. The van der Waals surface area contributed by atoms with E-state index in [0.29, 0.717) is 51.8 Å². The Labute approximate surface area is 243 Å². The lowest BCUT2D eigenvalue weighted by molar-refractivity contribution is -0.121. The highest BCUT2D eigenvalue weighted by molar-refractivity contribution is 6.33. The maximum atomic E-state index is 15.1. The standard InChI is InChI=1S/C31H33ClFN5O3/c1-17(2)29-23-13-20(14-25(33)28(23)37-38(29)3)22-15-27(35-16-24(22)32)36-30(40)19-8-5-7-18(11-19)12-26(39)21-9-6-10-34-31(21)41-4/h6,9-10,13-19H,5,7-8,11-12H2,1-4H3,(H,35,36,40)/t18-,19+/m1/s1. The van der Waals surface area contributed by atoms with Gasteiger partial charge < -0.3 is 10.1 Å². The van der Waals surface area contributed by atoms with Gasteiger partial charge in [-0.05, 0) is 67.0 Å². The average molecular weight is 578 g/mol. The number of nitrogens with one attached hydrogen (secondary N) is 1. The predicted molar refractivity (Wildman–Crippen MR) is 157 cm³/mol. The fourth-order valence-electron chi connectivity index (χ4n) is 5.92. The molecule has 3 heterocycles. The molecule has 4 aromatic rings. The number of methoxy groups -OCH3 is 1. The van der Waals surface area contributed by atoms with Gasteiger partial charge in [-0.3, -0.25) is 14.3 Å². The summed E-state index contributed by atoms with van der Waals surface area (Å²) in [5, 5.41) is 8.35. The normalized spacial score (nSPS) is 17.1. The molecule has 0 spiro atoms. The van der Waals surface area contributed by atoms with Gasteiger partial charge in [-0.2, -0.15) is 5.10 Å². The summed E-state index contributed by atoms with van der Waals surface area (Å²) in [5.74, 6) is -0.0142. The molecule has 1 aliphatic rings. The predicted octanol–water partition coefficient (Wildman–Crippen LogP) is 6.97. The molecule has 10 heteroatoms. The molecule has 8 nitrogen and oxygen atoms in total. The van der Waals surface area contributed by atoms with Crippen LogP contribution < -0.4 is 10.1 Å². The molecule has 1 aromatic carbocycles. The van der Waals surface area contributed by atoms with Crippen molar-refractivity contribution < 1.29 is 18.7 Å². The van der Waals surface area contributed by atoms with Crippen molar-refractivity contribution in [2.75, 3.05) is 12.4 Å². The molecule has 0 radical (unpaired) electrons. The van der Waals surface area contributed by atoms with Gasteiger partial charge in [0, 0.05) is 48.4 Å². The Hall–Kier alpha value is -3.85. The number of pyridine rings is 2. The van der Waals surface area contributed by atoms with Crippen molar-refractivity contribution in [3.05, 3.63) is 64.8 Å². The molecule has 1 fully saturated rings. The van der Waals surface area contributed by atoms with Gasteiger partial charge in [-0.1, -0.05) is 31.9 Å². The van der Waals surface area contributed by atoms with Gasteiger partial charge in [0.1, 0.15) is 11.3 Å². The maximum absolute atomic E-state index is 15.1. The molecule has 0 bridgehead atoms. The van der Waals surface area contributed by atoms with E-state index >= 15 is 4.39 Å². The largest absolute Gasteiger partial charge is 0.480 e. The van der Waals surface area contributed by atoms with Crippen LogP contribution in [0.2, 0.25) is 5.02 Å². The summed E-state index contributed by atoms with van der Waals surface area (Å²) in [5.41, 5.74) is 2.84. The van der Waals surface area contributed by atoms with Crippen LogP contribution in [0, 0.1) is 17.7 Å². The minimum absolute atomic E-state index is 0.0385. The van der Waals surface area contributed by atoms with Crippen molar-refractivity contribution in [2.45, 2.75) is 51.9 Å². The highest BCUT2D eigenvalue weighted by atomic mass is 35.5. The van der Waals surface area contributed by atoms with E-state index in [4.69, 9.17) is 16.3 Å². The summed E-state index contributed by atoms with van der Waals surface area (Å²) in [4.78, 5) is 34.7. The van der Waals surface area contributed by atoms with Gasteiger partial charge >= 0.3 is 0 Å². The number of fused-ring (bicyclic) bond motifs is 1. The first kappa shape index (κ1) is 28.7.